The van der Waals surface area contributed by atoms with Gasteiger partial charge >= 0.3 is 5.97 Å². The number of para-hydroxylation sites is 1. The molecule has 2 bridgehead atoms. The number of hydrogen-bond acceptors (Lipinski definition) is 5. The van der Waals surface area contributed by atoms with Crippen LogP contribution in [0.25, 0.3) is 0 Å². The van der Waals surface area contributed by atoms with Crippen molar-refractivity contribution >= 4 is 18.1 Å². The summed E-state index contributed by atoms with van der Waals surface area (Å²) in [5.41, 5.74) is 0.915. The molecule has 1 aromatic rings. The zero-order valence-electron chi connectivity index (χ0n) is 14.4. The van der Waals surface area contributed by atoms with E-state index in [1.807, 2.05) is 45.0 Å². The summed E-state index contributed by atoms with van der Waals surface area (Å²) in [7, 11) is 1.57. The van der Waals surface area contributed by atoms with Crippen LogP contribution >= 0.6 is 0 Å². The normalized spacial score (nSPS) is 30.4. The Labute approximate surface area is 141 Å². The Balaban J connectivity index is 1.79. The van der Waals surface area contributed by atoms with E-state index in [2.05, 4.69) is 10.5 Å². The van der Waals surface area contributed by atoms with Crippen LogP contribution in [-0.2, 0) is 14.3 Å². The predicted octanol–water partition coefficient (Wildman–Crippen LogP) is 2.27. The van der Waals surface area contributed by atoms with Gasteiger partial charge in [0.15, 0.2) is 5.60 Å². The molecule has 1 N–H and O–H groups in total. The molecule has 0 radical (unpaired) electrons. The third-order valence-corrected chi connectivity index (χ3v) is 5.96. The number of carbonyl (C=O) groups excluding carboxylic acids is 2. The Kier molecular flexibility index (Phi) is 3.66. The van der Waals surface area contributed by atoms with Crippen LogP contribution in [0.15, 0.2) is 29.4 Å². The number of hydrogen-bond donors (Lipinski definition) is 1. The molecule has 1 aliphatic carbocycles. The van der Waals surface area contributed by atoms with Gasteiger partial charge in [0, 0.05) is 11.0 Å². The minimum Gasteiger partial charge on any atom is -0.496 e. The number of ether oxygens (including phenoxy) is 2. The van der Waals surface area contributed by atoms with Gasteiger partial charge in [-0.05, 0) is 31.9 Å². The van der Waals surface area contributed by atoms with Crippen molar-refractivity contribution in [1.29, 1.82) is 0 Å². The third-order valence-electron chi connectivity index (χ3n) is 5.96. The number of benzene rings is 1. The van der Waals surface area contributed by atoms with Gasteiger partial charge in [-0.1, -0.05) is 26.0 Å². The Hall–Kier alpha value is -2.37. The van der Waals surface area contributed by atoms with Crippen molar-refractivity contribution in [3.8, 4) is 5.75 Å². The molecule has 1 saturated carbocycles. The standard InChI is InChI=1S/C18H22N2O4/c1-16(2)17(3)9-10-18(16,24-15(17)22)14(21)20-19-11-12-7-5-6-8-13(12)23-4/h5-8,11H,9-10H2,1-4H3,(H,20,21)/b19-11-/t17-,18-/m0/s1. The summed E-state index contributed by atoms with van der Waals surface area (Å²) in [6.45, 7) is 5.69. The first-order valence-electron chi connectivity index (χ1n) is 7.98. The summed E-state index contributed by atoms with van der Waals surface area (Å²) in [6, 6.07) is 7.35. The van der Waals surface area contributed by atoms with Gasteiger partial charge in [-0.25, -0.2) is 5.43 Å². The fraction of sp³-hybridized carbons (Fsp3) is 0.500. The van der Waals surface area contributed by atoms with E-state index in [0.717, 1.165) is 5.56 Å². The van der Waals surface area contributed by atoms with Crippen molar-refractivity contribution in [2.75, 3.05) is 7.11 Å². The molecule has 1 amide bonds. The highest BCUT2D eigenvalue weighted by Crippen LogP contribution is 2.65. The monoisotopic (exact) mass is 330 g/mol. The van der Waals surface area contributed by atoms with Gasteiger partial charge in [-0.3, -0.25) is 9.59 Å². The van der Waals surface area contributed by atoms with Crippen LogP contribution in [0, 0.1) is 10.8 Å². The Bertz CT molecular complexity index is 727. The summed E-state index contributed by atoms with van der Waals surface area (Å²) >= 11 is 0. The molecule has 2 fully saturated rings. The molecule has 128 valence electrons. The van der Waals surface area contributed by atoms with Crippen LogP contribution in [0.4, 0.5) is 0 Å². The highest BCUT2D eigenvalue weighted by atomic mass is 16.6. The minimum absolute atomic E-state index is 0.303. The first kappa shape index (κ1) is 16.5. The number of amides is 1. The lowest BCUT2D eigenvalue weighted by molar-refractivity contribution is -0.168. The average Bonchev–Trinajstić information content (AvgIpc) is 2.85. The number of hydrazone groups is 1. The number of rotatable bonds is 4. The van der Waals surface area contributed by atoms with E-state index in [1.165, 1.54) is 6.21 Å². The lowest BCUT2D eigenvalue weighted by Crippen LogP contribution is -2.52. The minimum atomic E-state index is -1.16. The van der Waals surface area contributed by atoms with E-state index in [0.29, 0.717) is 18.6 Å². The summed E-state index contributed by atoms with van der Waals surface area (Å²) in [4.78, 5) is 24.9. The molecule has 0 aromatic heterocycles. The van der Waals surface area contributed by atoms with Crippen LogP contribution in [0.3, 0.4) is 0 Å². The highest BCUT2D eigenvalue weighted by molar-refractivity contribution is 5.96. The van der Waals surface area contributed by atoms with Crippen molar-refractivity contribution in [2.24, 2.45) is 15.9 Å². The first-order valence-corrected chi connectivity index (χ1v) is 7.98. The molecular weight excluding hydrogens is 308 g/mol. The lowest BCUT2D eigenvalue weighted by atomic mass is 9.66. The van der Waals surface area contributed by atoms with Crippen LogP contribution < -0.4 is 10.2 Å². The van der Waals surface area contributed by atoms with E-state index in [1.54, 1.807) is 7.11 Å². The summed E-state index contributed by atoms with van der Waals surface area (Å²) in [5, 5.41) is 4.02. The van der Waals surface area contributed by atoms with Crippen LogP contribution in [0.5, 0.6) is 5.75 Å². The zero-order chi connectivity index (χ0) is 17.6. The third kappa shape index (κ3) is 1.98. The van der Waals surface area contributed by atoms with Crippen molar-refractivity contribution in [3.05, 3.63) is 29.8 Å². The molecule has 3 rings (SSSR count). The zero-order valence-corrected chi connectivity index (χ0v) is 14.4. The number of methoxy groups -OCH3 is 1. The second kappa shape index (κ2) is 5.33. The maximum atomic E-state index is 12.7. The number of fused-ring (bicyclic) bond motifs is 2. The molecule has 6 nitrogen and oxygen atoms in total. The quantitative estimate of drug-likeness (QED) is 0.522. The van der Waals surface area contributed by atoms with Gasteiger partial charge in [-0.15, -0.1) is 0 Å². The van der Waals surface area contributed by atoms with E-state index >= 15 is 0 Å². The molecule has 0 unspecified atom stereocenters. The second-order valence-corrected chi connectivity index (χ2v) is 7.11. The van der Waals surface area contributed by atoms with E-state index in [9.17, 15) is 9.59 Å². The van der Waals surface area contributed by atoms with Crippen LogP contribution in [0.2, 0.25) is 0 Å². The lowest BCUT2D eigenvalue weighted by Gasteiger charge is -2.34. The smallest absolute Gasteiger partial charge is 0.313 e. The Morgan fingerprint density at radius 1 is 1.29 bits per heavy atom. The molecule has 1 aromatic carbocycles. The molecular formula is C18H22N2O4. The fourth-order valence-electron chi connectivity index (χ4n) is 3.77. The van der Waals surface area contributed by atoms with Gasteiger partial charge in [0.2, 0.25) is 0 Å². The first-order chi connectivity index (χ1) is 11.3. The van der Waals surface area contributed by atoms with E-state index in [4.69, 9.17) is 9.47 Å². The average molecular weight is 330 g/mol. The van der Waals surface area contributed by atoms with Crippen molar-refractivity contribution < 1.29 is 19.1 Å². The summed E-state index contributed by atoms with van der Waals surface area (Å²) in [6.07, 6.45) is 2.67. The molecule has 2 aliphatic rings. The van der Waals surface area contributed by atoms with Crippen LogP contribution in [-0.4, -0.2) is 30.8 Å². The summed E-state index contributed by atoms with van der Waals surface area (Å²) in [5.74, 6) is -0.0226. The van der Waals surface area contributed by atoms with Crippen molar-refractivity contribution in [1.82, 2.24) is 5.43 Å². The van der Waals surface area contributed by atoms with Crippen LogP contribution in [0.1, 0.15) is 39.2 Å². The molecule has 0 spiro atoms. The molecule has 24 heavy (non-hydrogen) atoms. The van der Waals surface area contributed by atoms with Gasteiger partial charge < -0.3 is 9.47 Å². The van der Waals surface area contributed by atoms with Gasteiger partial charge in [0.25, 0.3) is 5.91 Å². The van der Waals surface area contributed by atoms with E-state index in [-0.39, 0.29) is 11.9 Å². The Morgan fingerprint density at radius 2 is 2.00 bits per heavy atom. The maximum absolute atomic E-state index is 12.7. The largest absolute Gasteiger partial charge is 0.496 e. The molecule has 1 heterocycles. The Morgan fingerprint density at radius 3 is 2.58 bits per heavy atom. The van der Waals surface area contributed by atoms with Gasteiger partial charge in [-0.2, -0.15) is 5.10 Å². The highest BCUT2D eigenvalue weighted by Gasteiger charge is 2.75. The maximum Gasteiger partial charge on any atom is 0.313 e. The van der Waals surface area contributed by atoms with Crippen molar-refractivity contribution in [3.63, 3.8) is 0 Å². The number of nitrogens with one attached hydrogen (secondary N) is 1. The molecule has 6 heteroatoms. The number of esters is 1. The summed E-state index contributed by atoms with van der Waals surface area (Å²) < 4.78 is 10.8. The number of nitrogens with zero attached hydrogens (tertiary/aromatic N) is 1. The van der Waals surface area contributed by atoms with Crippen molar-refractivity contribution in [2.45, 2.75) is 39.2 Å². The predicted molar refractivity (Wildman–Crippen MR) is 88.7 cm³/mol. The van der Waals surface area contributed by atoms with Gasteiger partial charge in [0.05, 0.1) is 18.7 Å². The second-order valence-electron chi connectivity index (χ2n) is 7.11. The van der Waals surface area contributed by atoms with Gasteiger partial charge in [0.1, 0.15) is 5.75 Å². The SMILES string of the molecule is COc1ccccc1/C=N\NC(=O)[C@]12CC[C@@](C)(C(=O)O1)C2(C)C. The number of carbonyl (C=O) groups is 2. The molecule has 2 atom stereocenters. The van der Waals surface area contributed by atoms with E-state index < -0.39 is 16.4 Å². The molecule has 1 saturated heterocycles. The molecule has 1 aliphatic heterocycles. The topological polar surface area (TPSA) is 77.0 Å². The fourth-order valence-corrected chi connectivity index (χ4v) is 3.77.